The summed E-state index contributed by atoms with van der Waals surface area (Å²) in [5, 5.41) is 11.9. The molecule has 1 fully saturated rings. The number of nitrogens with one attached hydrogen (secondary N) is 1. The number of hydrogen-bond acceptors (Lipinski definition) is 3. The molecule has 2 heterocycles. The smallest absolute Gasteiger partial charge is 0.320 e. The first-order valence-corrected chi connectivity index (χ1v) is 6.07. The molecule has 0 bridgehead atoms. The van der Waals surface area contributed by atoms with Gasteiger partial charge in [0.1, 0.15) is 6.04 Å². The minimum atomic E-state index is -0.762. The largest absolute Gasteiger partial charge is 0.480 e. The first-order chi connectivity index (χ1) is 7.16. The first kappa shape index (κ1) is 10.9. The Morgan fingerprint density at radius 2 is 2.40 bits per heavy atom. The van der Waals surface area contributed by atoms with E-state index >= 15 is 0 Å². The van der Waals surface area contributed by atoms with E-state index in [2.05, 4.69) is 5.32 Å². The van der Waals surface area contributed by atoms with Crippen molar-refractivity contribution in [3.8, 4) is 0 Å². The van der Waals surface area contributed by atoms with Crippen LogP contribution < -0.4 is 5.32 Å². The molecule has 0 aliphatic carbocycles. The summed E-state index contributed by atoms with van der Waals surface area (Å²) in [7, 11) is 0. The summed E-state index contributed by atoms with van der Waals surface area (Å²) in [5.74, 6) is -0.424. The maximum atomic E-state index is 10.9. The second-order valence-corrected chi connectivity index (χ2v) is 5.45. The molecule has 0 radical (unpaired) electrons. The highest BCUT2D eigenvalue weighted by atomic mass is 35.5. The van der Waals surface area contributed by atoms with Crippen LogP contribution in [0.2, 0.25) is 4.34 Å². The van der Waals surface area contributed by atoms with Crippen LogP contribution in [0.4, 0.5) is 0 Å². The molecule has 1 aliphatic rings. The summed E-state index contributed by atoms with van der Waals surface area (Å²) < 4.78 is 0.774. The lowest BCUT2D eigenvalue weighted by Crippen LogP contribution is -2.42. The molecule has 0 amide bonds. The van der Waals surface area contributed by atoms with Gasteiger partial charge in [-0.25, -0.2) is 0 Å². The minimum absolute atomic E-state index is 0.338. The van der Waals surface area contributed by atoms with Gasteiger partial charge in [0.15, 0.2) is 0 Å². The van der Waals surface area contributed by atoms with Crippen molar-refractivity contribution in [1.29, 1.82) is 0 Å². The van der Waals surface area contributed by atoms with E-state index in [1.807, 2.05) is 12.1 Å². The number of halogens is 1. The fraction of sp³-hybridized carbons (Fsp3) is 0.500. The molecule has 15 heavy (non-hydrogen) atoms. The van der Waals surface area contributed by atoms with Gasteiger partial charge in [-0.05, 0) is 37.4 Å². The van der Waals surface area contributed by atoms with Crippen LogP contribution in [0.5, 0.6) is 0 Å². The monoisotopic (exact) mass is 245 g/mol. The molecule has 2 rings (SSSR count). The van der Waals surface area contributed by atoms with Gasteiger partial charge in [0.2, 0.25) is 0 Å². The summed E-state index contributed by atoms with van der Waals surface area (Å²) in [6.07, 6.45) is 1.65. The van der Waals surface area contributed by atoms with Crippen LogP contribution in [0.15, 0.2) is 12.1 Å². The predicted octanol–water partition coefficient (Wildman–Crippen LogP) is 2.32. The van der Waals surface area contributed by atoms with E-state index in [-0.39, 0.29) is 0 Å². The van der Waals surface area contributed by atoms with Crippen molar-refractivity contribution in [2.75, 3.05) is 6.54 Å². The third kappa shape index (κ3) is 2.51. The molecule has 2 unspecified atom stereocenters. The second kappa shape index (κ2) is 4.51. The average molecular weight is 246 g/mol. The van der Waals surface area contributed by atoms with E-state index in [0.717, 1.165) is 17.3 Å². The zero-order chi connectivity index (χ0) is 10.8. The number of aliphatic carboxylic acids is 1. The molecule has 1 aliphatic heterocycles. The normalized spacial score (nSPS) is 26.5. The molecular formula is C10H12ClNO2S. The molecule has 3 nitrogen and oxygen atoms in total. The Balaban J connectivity index is 2.07. The Morgan fingerprint density at radius 1 is 1.60 bits per heavy atom. The fourth-order valence-corrected chi connectivity index (χ4v) is 3.12. The van der Waals surface area contributed by atoms with Crippen molar-refractivity contribution in [3.63, 3.8) is 0 Å². The summed E-state index contributed by atoms with van der Waals surface area (Å²) in [4.78, 5) is 12.1. The van der Waals surface area contributed by atoms with E-state index in [4.69, 9.17) is 16.7 Å². The topological polar surface area (TPSA) is 49.3 Å². The first-order valence-electron chi connectivity index (χ1n) is 4.88. The lowest BCUT2D eigenvalue weighted by Gasteiger charge is -2.26. The predicted molar refractivity (Wildman–Crippen MR) is 60.7 cm³/mol. The second-order valence-electron chi connectivity index (χ2n) is 3.71. The van der Waals surface area contributed by atoms with E-state index in [1.165, 1.54) is 4.88 Å². The number of rotatable bonds is 2. The van der Waals surface area contributed by atoms with Crippen molar-refractivity contribution in [2.45, 2.75) is 24.8 Å². The van der Waals surface area contributed by atoms with Gasteiger partial charge >= 0.3 is 5.97 Å². The third-order valence-electron chi connectivity index (χ3n) is 2.70. The van der Waals surface area contributed by atoms with Crippen LogP contribution in [0, 0.1) is 0 Å². The van der Waals surface area contributed by atoms with Gasteiger partial charge in [-0.2, -0.15) is 0 Å². The van der Waals surface area contributed by atoms with Crippen LogP contribution in [0.1, 0.15) is 23.6 Å². The summed E-state index contributed by atoms with van der Waals surface area (Å²) >= 11 is 7.42. The molecule has 2 N–H and O–H groups in total. The molecule has 0 saturated carbocycles. The van der Waals surface area contributed by atoms with Crippen LogP contribution in [0.25, 0.3) is 0 Å². The maximum absolute atomic E-state index is 10.9. The van der Waals surface area contributed by atoms with Crippen molar-refractivity contribution in [3.05, 3.63) is 21.3 Å². The van der Waals surface area contributed by atoms with Gasteiger partial charge in [-0.3, -0.25) is 4.79 Å². The molecule has 0 aromatic carbocycles. The SMILES string of the molecule is O=C(O)C1CC(c2ccc(Cl)s2)CCN1. The molecule has 0 spiro atoms. The van der Waals surface area contributed by atoms with Gasteiger partial charge in [0, 0.05) is 4.88 Å². The van der Waals surface area contributed by atoms with Gasteiger partial charge in [-0.15, -0.1) is 11.3 Å². The number of thiophene rings is 1. The van der Waals surface area contributed by atoms with Gasteiger partial charge in [0.05, 0.1) is 4.34 Å². The molecule has 2 atom stereocenters. The van der Waals surface area contributed by atoms with Crippen molar-refractivity contribution in [1.82, 2.24) is 5.32 Å². The maximum Gasteiger partial charge on any atom is 0.320 e. The lowest BCUT2D eigenvalue weighted by molar-refractivity contribution is -0.140. The van der Waals surface area contributed by atoms with Crippen LogP contribution >= 0.6 is 22.9 Å². The molecule has 1 aromatic heterocycles. The minimum Gasteiger partial charge on any atom is -0.480 e. The highest BCUT2D eigenvalue weighted by Gasteiger charge is 2.27. The molecular weight excluding hydrogens is 234 g/mol. The molecule has 1 saturated heterocycles. The third-order valence-corrected chi connectivity index (χ3v) is 4.09. The number of carboxylic acids is 1. The van der Waals surface area contributed by atoms with Crippen molar-refractivity contribution in [2.24, 2.45) is 0 Å². The number of piperidine rings is 1. The Bertz CT molecular complexity index is 366. The molecule has 1 aromatic rings. The van der Waals surface area contributed by atoms with Crippen molar-refractivity contribution >= 4 is 28.9 Å². The van der Waals surface area contributed by atoms with E-state index in [0.29, 0.717) is 12.3 Å². The van der Waals surface area contributed by atoms with Gasteiger partial charge in [0.25, 0.3) is 0 Å². The standard InChI is InChI=1S/C10H12ClNO2S/c11-9-2-1-8(15-9)6-3-4-12-7(5-6)10(13)14/h1-2,6-7,12H,3-5H2,(H,13,14). The van der Waals surface area contributed by atoms with Crippen LogP contribution in [-0.4, -0.2) is 23.7 Å². The summed E-state index contributed by atoms with van der Waals surface area (Å²) in [5.41, 5.74) is 0. The number of hydrogen-bond donors (Lipinski definition) is 2. The molecule has 82 valence electrons. The van der Waals surface area contributed by atoms with E-state index < -0.39 is 12.0 Å². The molecule has 5 heteroatoms. The van der Waals surface area contributed by atoms with E-state index in [9.17, 15) is 4.79 Å². The van der Waals surface area contributed by atoms with Crippen molar-refractivity contribution < 1.29 is 9.90 Å². The average Bonchev–Trinajstić information content (AvgIpc) is 2.65. The number of carbonyl (C=O) groups is 1. The van der Waals surface area contributed by atoms with Gasteiger partial charge < -0.3 is 10.4 Å². The summed E-state index contributed by atoms with van der Waals surface area (Å²) in [6, 6.07) is 3.46. The Morgan fingerprint density at radius 3 is 3.00 bits per heavy atom. The Hall–Kier alpha value is -0.580. The highest BCUT2D eigenvalue weighted by Crippen LogP contribution is 2.34. The number of carboxylic acid groups (broad SMARTS) is 1. The quantitative estimate of drug-likeness (QED) is 0.841. The highest BCUT2D eigenvalue weighted by molar-refractivity contribution is 7.16. The van der Waals surface area contributed by atoms with E-state index in [1.54, 1.807) is 11.3 Å². The zero-order valence-corrected chi connectivity index (χ0v) is 9.64. The lowest BCUT2D eigenvalue weighted by atomic mass is 9.91. The summed E-state index contributed by atoms with van der Waals surface area (Å²) in [6.45, 7) is 0.761. The Labute approximate surface area is 97.1 Å². The van der Waals surface area contributed by atoms with Crippen LogP contribution in [-0.2, 0) is 4.79 Å². The zero-order valence-electron chi connectivity index (χ0n) is 8.07. The van der Waals surface area contributed by atoms with Crippen LogP contribution in [0.3, 0.4) is 0 Å². The fourth-order valence-electron chi connectivity index (χ4n) is 1.91. The Kier molecular flexibility index (Phi) is 3.29. The van der Waals surface area contributed by atoms with Gasteiger partial charge in [-0.1, -0.05) is 11.6 Å².